The van der Waals surface area contributed by atoms with Gasteiger partial charge in [0, 0.05) is 0 Å². The summed E-state index contributed by atoms with van der Waals surface area (Å²) in [5.74, 6) is 0. The van der Waals surface area contributed by atoms with Crippen molar-refractivity contribution in [2.45, 2.75) is 10.0 Å². The van der Waals surface area contributed by atoms with Gasteiger partial charge in [0.05, 0.1) is 0 Å². The molecule has 34 heavy (non-hydrogen) atoms. The number of rotatable bonds is 4. The van der Waals surface area contributed by atoms with E-state index in [9.17, 15) is 0 Å². The van der Waals surface area contributed by atoms with Crippen molar-refractivity contribution in [2.24, 2.45) is 0 Å². The predicted octanol–water partition coefficient (Wildman–Crippen LogP) is -1.10. The van der Waals surface area contributed by atoms with E-state index >= 15 is 0 Å². The van der Waals surface area contributed by atoms with Crippen molar-refractivity contribution in [1.29, 1.82) is 0 Å². The van der Waals surface area contributed by atoms with Gasteiger partial charge in [-0.1, -0.05) is 0 Å². The van der Waals surface area contributed by atoms with E-state index in [1.54, 1.807) is 35.5 Å². The second kappa shape index (κ2) is 10.8. The van der Waals surface area contributed by atoms with Crippen LogP contribution in [0.25, 0.3) is 16.7 Å². The van der Waals surface area contributed by atoms with Gasteiger partial charge in [0.2, 0.25) is 0 Å². The van der Waals surface area contributed by atoms with Crippen LogP contribution >= 0.6 is 0 Å². The summed E-state index contributed by atoms with van der Waals surface area (Å²) < 4.78 is 0.506. The number of halogens is 2. The molecule has 4 aromatic rings. The van der Waals surface area contributed by atoms with Crippen molar-refractivity contribution in [3.63, 3.8) is 0 Å². The van der Waals surface area contributed by atoms with E-state index in [0.29, 0.717) is 3.63 Å². The van der Waals surface area contributed by atoms with Crippen LogP contribution in [-0.2, 0) is 24.7 Å². The van der Waals surface area contributed by atoms with Crippen molar-refractivity contribution in [3.05, 3.63) is 132 Å². The van der Waals surface area contributed by atoms with Crippen molar-refractivity contribution in [1.82, 2.24) is 0 Å². The van der Waals surface area contributed by atoms with Gasteiger partial charge in [-0.15, -0.1) is 0 Å². The quantitative estimate of drug-likeness (QED) is 0.215. The molecule has 0 fully saturated rings. The van der Waals surface area contributed by atoms with Crippen LogP contribution in [0.4, 0.5) is 0 Å². The van der Waals surface area contributed by atoms with Gasteiger partial charge in [0.15, 0.2) is 0 Å². The predicted molar refractivity (Wildman–Crippen MR) is 134 cm³/mol. The first-order valence-electron chi connectivity index (χ1n) is 11.3. The molecule has 165 valence electrons. The van der Waals surface area contributed by atoms with Crippen LogP contribution in [0.2, 0.25) is 0 Å². The van der Waals surface area contributed by atoms with E-state index in [1.165, 1.54) is 38.2 Å². The zero-order valence-electron chi connectivity index (χ0n) is 18.6. The number of hydrogen-bond acceptors (Lipinski definition) is 0. The van der Waals surface area contributed by atoms with Crippen molar-refractivity contribution in [3.8, 4) is 11.1 Å². The van der Waals surface area contributed by atoms with Crippen LogP contribution in [0.3, 0.4) is 0 Å². The Morgan fingerprint density at radius 1 is 0.676 bits per heavy atom. The van der Waals surface area contributed by atoms with Crippen LogP contribution in [0, 0.1) is 0 Å². The van der Waals surface area contributed by atoms with Gasteiger partial charge in [0.1, 0.15) is 0 Å². The molecule has 2 aliphatic rings. The van der Waals surface area contributed by atoms with E-state index < -0.39 is 8.80 Å². The molecule has 0 heterocycles. The van der Waals surface area contributed by atoms with Crippen LogP contribution in [0.1, 0.15) is 26.7 Å². The average Bonchev–Trinajstić information content (AvgIpc) is 3.48. The first kappa shape index (κ1) is 25.1. The number of fused-ring (bicyclic) bond motifs is 3. The summed E-state index contributed by atoms with van der Waals surface area (Å²) in [4.78, 5) is 0. The first-order chi connectivity index (χ1) is 15.8. The molecule has 0 aliphatic heterocycles. The van der Waals surface area contributed by atoms with Crippen molar-refractivity contribution in [2.75, 3.05) is 0 Å². The molecule has 4 heteroatoms. The Labute approximate surface area is 231 Å². The van der Waals surface area contributed by atoms with Crippen LogP contribution in [0.5, 0.6) is 0 Å². The molecule has 0 N–H and O–H groups in total. The number of allylic oxidation sites excluding steroid dienone is 4. The fourth-order valence-corrected chi connectivity index (χ4v) is 9.99. The number of hydrogen-bond donors (Lipinski definition) is 0. The Balaban J connectivity index is 0.00000137. The van der Waals surface area contributed by atoms with Crippen molar-refractivity contribution >= 4 is 29.9 Å². The van der Waals surface area contributed by atoms with Gasteiger partial charge < -0.3 is 24.8 Å². The van der Waals surface area contributed by atoms with Gasteiger partial charge in [-0.05, 0) is 0 Å². The maximum atomic E-state index is 2.47. The Hall–Kier alpha value is -1.96. The zero-order valence-corrected chi connectivity index (χ0v) is 23.7. The molecular weight excluding hydrogens is 551 g/mol. The van der Waals surface area contributed by atoms with Crippen LogP contribution < -0.4 is 40.4 Å². The third-order valence-electron chi connectivity index (χ3n) is 6.80. The summed E-state index contributed by atoms with van der Waals surface area (Å²) in [7, 11) is -1.62. The fraction of sp³-hybridized carbons (Fsp3) is 0.0667. The molecule has 0 radical (unpaired) electrons. The average molecular weight is 574 g/mol. The minimum absolute atomic E-state index is 0. The molecule has 0 amide bonds. The Morgan fingerprint density at radius 2 is 1.29 bits per heavy atom. The molecule has 0 saturated heterocycles. The van der Waals surface area contributed by atoms with Gasteiger partial charge in [0.25, 0.3) is 0 Å². The van der Waals surface area contributed by atoms with Gasteiger partial charge in [-0.25, -0.2) is 0 Å². The SMILES string of the molecule is [Cl-].[Cl-].[Zr+2][CH]1c2ccccc2-c2ccc([SiH](c3ccccc3)c3ccccc3)c(C3=CC=CC3)c21. The second-order valence-electron chi connectivity index (χ2n) is 8.59. The fourth-order valence-electron chi connectivity index (χ4n) is 5.39. The summed E-state index contributed by atoms with van der Waals surface area (Å²) in [6.45, 7) is 0. The molecule has 6 rings (SSSR count). The zero-order chi connectivity index (χ0) is 21.5. The summed E-state index contributed by atoms with van der Waals surface area (Å²) in [5.41, 5.74) is 8.98. The van der Waals surface area contributed by atoms with Gasteiger partial charge >= 0.3 is 208 Å². The molecule has 2 aliphatic carbocycles. The van der Waals surface area contributed by atoms with Crippen molar-refractivity contribution < 1.29 is 49.5 Å². The first-order valence-corrected chi connectivity index (χ1v) is 14.4. The molecule has 0 nitrogen and oxygen atoms in total. The molecule has 0 bridgehead atoms. The molecule has 0 aromatic heterocycles. The van der Waals surface area contributed by atoms with E-state index in [-0.39, 0.29) is 24.8 Å². The maximum absolute atomic E-state index is 2.47. The standard InChI is InChI=1S/C30H23Si.2ClH.Zr/c1-3-14-24(15-4-1)31(25-16-5-2-6-17-25)29-20-19-27-26-18-10-9-13-23(26)21-28(27)30(29)22-11-7-8-12-22;;;/h1-11,13-21,31H,12H2;2*1H;/q;;;+2/p-2. The van der Waals surface area contributed by atoms with Crippen LogP contribution in [-0.4, -0.2) is 8.80 Å². The Morgan fingerprint density at radius 3 is 1.91 bits per heavy atom. The van der Waals surface area contributed by atoms with E-state index in [1.807, 2.05) is 0 Å². The summed E-state index contributed by atoms with van der Waals surface area (Å²) >= 11 is 1.57. The van der Waals surface area contributed by atoms with Gasteiger partial charge in [-0.2, -0.15) is 0 Å². The van der Waals surface area contributed by atoms with Gasteiger partial charge in [-0.3, -0.25) is 0 Å². The summed E-state index contributed by atoms with van der Waals surface area (Å²) in [6, 6.07) is 36.3. The van der Waals surface area contributed by atoms with Crippen LogP contribution in [0.15, 0.2) is 115 Å². The van der Waals surface area contributed by atoms with E-state index in [0.717, 1.165) is 6.42 Å². The molecule has 1 unspecified atom stereocenters. The third-order valence-corrected chi connectivity index (χ3v) is 11.5. The third kappa shape index (κ3) is 4.27. The molecule has 1 atom stereocenters. The number of benzene rings is 4. The second-order valence-corrected chi connectivity index (χ2v) is 12.8. The molecule has 4 aromatic carbocycles. The molecule has 0 spiro atoms. The Kier molecular flexibility index (Phi) is 7.95. The Bertz CT molecular complexity index is 1320. The molecular formula is C30H23Cl2SiZr. The summed E-state index contributed by atoms with van der Waals surface area (Å²) in [6.07, 6.45) is 7.93. The molecule has 0 saturated carbocycles. The summed E-state index contributed by atoms with van der Waals surface area (Å²) in [5, 5.41) is 4.54. The topological polar surface area (TPSA) is 0 Å². The van der Waals surface area contributed by atoms with E-state index in [2.05, 4.69) is 115 Å². The van der Waals surface area contributed by atoms with E-state index in [4.69, 9.17) is 0 Å². The monoisotopic (exact) mass is 571 g/mol. The minimum atomic E-state index is -1.62. The normalized spacial score (nSPS) is 15.3.